The molecular formula is C6H15BrN2O2. The van der Waals surface area contributed by atoms with Gasteiger partial charge in [0.1, 0.15) is 13.2 Å². The van der Waals surface area contributed by atoms with Crippen LogP contribution in [0.5, 0.6) is 0 Å². The molecule has 0 spiro atoms. The number of hydrogen-bond donors (Lipinski definition) is 1. The molecule has 0 unspecified atom stereocenters. The van der Waals surface area contributed by atoms with Crippen LogP contribution in [0.25, 0.3) is 0 Å². The number of ether oxygens (including phenoxy) is 1. The molecule has 11 heavy (non-hydrogen) atoms. The van der Waals surface area contributed by atoms with Crippen LogP contribution in [-0.2, 0) is 4.74 Å². The van der Waals surface area contributed by atoms with E-state index in [2.05, 4.69) is 4.74 Å². The predicted octanol–water partition coefficient (Wildman–Crippen LogP) is -3.21. The minimum Gasteiger partial charge on any atom is -1.00 e. The first-order valence-electron chi connectivity index (χ1n) is 3.14. The van der Waals surface area contributed by atoms with Crippen LogP contribution in [0.3, 0.4) is 0 Å². The summed E-state index contributed by atoms with van der Waals surface area (Å²) >= 11 is 0. The van der Waals surface area contributed by atoms with Crippen LogP contribution < -0.4 is 22.7 Å². The number of halogens is 1. The number of hydrogen-bond acceptors (Lipinski definition) is 2. The van der Waals surface area contributed by atoms with Crippen molar-refractivity contribution in [3.63, 3.8) is 0 Å². The van der Waals surface area contributed by atoms with Gasteiger partial charge in [0.2, 0.25) is 0 Å². The largest absolute Gasteiger partial charge is 1.00 e. The molecule has 0 heterocycles. The maximum absolute atomic E-state index is 10.1. The summed E-state index contributed by atoms with van der Waals surface area (Å²) in [5.74, 6) is 0. The van der Waals surface area contributed by atoms with E-state index in [1.54, 1.807) is 0 Å². The summed E-state index contributed by atoms with van der Waals surface area (Å²) < 4.78 is 5.31. The fourth-order valence-electron chi connectivity index (χ4n) is 0.420. The first kappa shape index (κ1) is 13.3. The van der Waals surface area contributed by atoms with Gasteiger partial charge in [-0.2, -0.15) is 0 Å². The lowest BCUT2D eigenvalue weighted by Gasteiger charge is -2.22. The van der Waals surface area contributed by atoms with Crippen molar-refractivity contribution in [2.75, 3.05) is 34.3 Å². The van der Waals surface area contributed by atoms with Crippen molar-refractivity contribution in [1.82, 2.24) is 0 Å². The minimum absolute atomic E-state index is 0. The zero-order chi connectivity index (χ0) is 8.20. The molecule has 0 aromatic rings. The molecule has 0 rings (SSSR count). The fourth-order valence-corrected chi connectivity index (χ4v) is 0.420. The van der Waals surface area contributed by atoms with E-state index < -0.39 is 6.09 Å². The van der Waals surface area contributed by atoms with Gasteiger partial charge in [0, 0.05) is 0 Å². The third kappa shape index (κ3) is 12.8. The highest BCUT2D eigenvalue weighted by Gasteiger charge is 2.06. The van der Waals surface area contributed by atoms with Crippen LogP contribution in [0.1, 0.15) is 0 Å². The molecule has 0 bridgehead atoms. The minimum atomic E-state index is -0.701. The number of amides is 1. The Morgan fingerprint density at radius 2 is 1.91 bits per heavy atom. The highest BCUT2D eigenvalue weighted by molar-refractivity contribution is 5.64. The maximum Gasteiger partial charge on any atom is 0.404 e. The van der Waals surface area contributed by atoms with Crippen molar-refractivity contribution in [1.29, 1.82) is 0 Å². The third-order valence-electron chi connectivity index (χ3n) is 1.01. The lowest BCUT2D eigenvalue weighted by Crippen LogP contribution is -3.00. The molecule has 0 atom stereocenters. The zero-order valence-corrected chi connectivity index (χ0v) is 8.72. The topological polar surface area (TPSA) is 52.3 Å². The Labute approximate surface area is 77.7 Å². The molecule has 2 N–H and O–H groups in total. The number of quaternary nitrogens is 1. The monoisotopic (exact) mass is 226 g/mol. The summed E-state index contributed by atoms with van der Waals surface area (Å²) in [6, 6.07) is 0. The van der Waals surface area contributed by atoms with Crippen molar-refractivity contribution >= 4 is 6.09 Å². The molecule has 0 fully saturated rings. The Kier molecular flexibility index (Phi) is 6.50. The van der Waals surface area contributed by atoms with E-state index in [-0.39, 0.29) is 17.0 Å². The smallest absolute Gasteiger partial charge is 0.404 e. The standard InChI is InChI=1S/C6H14N2O2.BrH/c1-8(2,3)4-5-10-6(7)9;/h4-5H2,1-3H3,(H-,7,9);1H. The van der Waals surface area contributed by atoms with Gasteiger partial charge in [-0.05, 0) is 0 Å². The SMILES string of the molecule is C[N+](C)(C)CCOC(N)=O.[Br-]. The van der Waals surface area contributed by atoms with E-state index >= 15 is 0 Å². The van der Waals surface area contributed by atoms with E-state index in [0.29, 0.717) is 6.61 Å². The number of primary amides is 1. The highest BCUT2D eigenvalue weighted by atomic mass is 79.9. The summed E-state index contributed by atoms with van der Waals surface area (Å²) in [7, 11) is 6.05. The maximum atomic E-state index is 10.1. The van der Waals surface area contributed by atoms with Gasteiger partial charge in [0.05, 0.1) is 21.1 Å². The first-order chi connectivity index (χ1) is 4.42. The molecule has 1 amide bonds. The van der Waals surface area contributed by atoms with Crippen LogP contribution >= 0.6 is 0 Å². The lowest BCUT2D eigenvalue weighted by atomic mass is 10.5. The van der Waals surface area contributed by atoms with Crippen LogP contribution in [0.15, 0.2) is 0 Å². The molecule has 0 saturated heterocycles. The number of rotatable bonds is 3. The molecule has 68 valence electrons. The zero-order valence-electron chi connectivity index (χ0n) is 7.13. The quantitative estimate of drug-likeness (QED) is 0.516. The van der Waals surface area contributed by atoms with Gasteiger partial charge in [-0.3, -0.25) is 0 Å². The molecule has 0 radical (unpaired) electrons. The summed E-state index contributed by atoms with van der Waals surface area (Å²) in [5.41, 5.74) is 4.75. The number of likely N-dealkylation sites (N-methyl/N-ethyl adjacent to an activating group) is 1. The first-order valence-corrected chi connectivity index (χ1v) is 3.14. The molecule has 0 aromatic heterocycles. The Bertz CT molecular complexity index is 122. The Morgan fingerprint density at radius 1 is 1.45 bits per heavy atom. The number of nitrogens with zero attached hydrogens (tertiary/aromatic N) is 1. The van der Waals surface area contributed by atoms with Gasteiger partial charge in [-0.1, -0.05) is 0 Å². The number of carbonyl (C=O) groups is 1. The van der Waals surface area contributed by atoms with Crippen LogP contribution in [-0.4, -0.2) is 44.9 Å². The lowest BCUT2D eigenvalue weighted by molar-refractivity contribution is -0.870. The molecule has 0 aliphatic heterocycles. The summed E-state index contributed by atoms with van der Waals surface area (Å²) in [6.07, 6.45) is -0.701. The highest BCUT2D eigenvalue weighted by Crippen LogP contribution is 1.88. The summed E-state index contributed by atoms with van der Waals surface area (Å²) in [6.45, 7) is 1.17. The van der Waals surface area contributed by atoms with Gasteiger partial charge >= 0.3 is 6.09 Å². The van der Waals surface area contributed by atoms with Gasteiger partial charge in [0.15, 0.2) is 0 Å². The van der Waals surface area contributed by atoms with E-state index in [0.717, 1.165) is 11.0 Å². The number of carbonyl (C=O) groups excluding carboxylic acids is 1. The third-order valence-corrected chi connectivity index (χ3v) is 1.01. The predicted molar refractivity (Wildman–Crippen MR) is 38.4 cm³/mol. The average Bonchev–Trinajstić information content (AvgIpc) is 1.59. The second-order valence-electron chi connectivity index (χ2n) is 3.18. The fraction of sp³-hybridized carbons (Fsp3) is 0.833. The van der Waals surface area contributed by atoms with Gasteiger partial charge in [0.25, 0.3) is 0 Å². The molecule has 0 aliphatic carbocycles. The van der Waals surface area contributed by atoms with E-state index in [1.807, 2.05) is 21.1 Å². The summed E-state index contributed by atoms with van der Waals surface area (Å²) in [5, 5.41) is 0. The Balaban J connectivity index is 0. The van der Waals surface area contributed by atoms with E-state index in [1.165, 1.54) is 0 Å². The van der Waals surface area contributed by atoms with Gasteiger partial charge < -0.3 is 31.9 Å². The number of nitrogens with two attached hydrogens (primary N) is 1. The van der Waals surface area contributed by atoms with E-state index in [9.17, 15) is 4.79 Å². The van der Waals surface area contributed by atoms with Crippen molar-refractivity contribution in [3.05, 3.63) is 0 Å². The molecule has 4 nitrogen and oxygen atoms in total. The van der Waals surface area contributed by atoms with Gasteiger partial charge in [-0.25, -0.2) is 4.79 Å². The van der Waals surface area contributed by atoms with Crippen molar-refractivity contribution in [2.45, 2.75) is 0 Å². The van der Waals surface area contributed by atoms with Crippen LogP contribution in [0, 0.1) is 0 Å². The van der Waals surface area contributed by atoms with Crippen LogP contribution in [0.2, 0.25) is 0 Å². The second-order valence-corrected chi connectivity index (χ2v) is 3.18. The van der Waals surface area contributed by atoms with E-state index in [4.69, 9.17) is 5.73 Å². The molecule has 0 aromatic carbocycles. The van der Waals surface area contributed by atoms with Crippen molar-refractivity contribution in [3.8, 4) is 0 Å². The molecule has 0 saturated carbocycles. The second kappa shape index (κ2) is 5.37. The van der Waals surface area contributed by atoms with Gasteiger partial charge in [-0.15, -0.1) is 0 Å². The van der Waals surface area contributed by atoms with Crippen molar-refractivity contribution < 1.29 is 31.0 Å². The molecule has 0 aliphatic rings. The summed E-state index contributed by atoms with van der Waals surface area (Å²) in [4.78, 5) is 10.1. The Hall–Kier alpha value is -0.290. The molecule has 5 heteroatoms. The van der Waals surface area contributed by atoms with Crippen LogP contribution in [0.4, 0.5) is 4.79 Å². The van der Waals surface area contributed by atoms with Crippen molar-refractivity contribution in [2.24, 2.45) is 5.73 Å². The normalized spacial score (nSPS) is 10.1. The molecular weight excluding hydrogens is 212 g/mol. The average molecular weight is 227 g/mol. The Morgan fingerprint density at radius 3 is 2.18 bits per heavy atom.